The SMILES string of the molecule is Cc1cccc(OCCC(NN)C2CC(C)CC(C)C2)c1. The first-order valence-electron chi connectivity index (χ1n) is 8.24. The first kappa shape index (κ1) is 16.3. The average Bonchev–Trinajstić information content (AvgIpc) is 2.42. The largest absolute Gasteiger partial charge is 0.494 e. The summed E-state index contributed by atoms with van der Waals surface area (Å²) in [6.07, 6.45) is 4.88. The Labute approximate surface area is 129 Å². The van der Waals surface area contributed by atoms with Gasteiger partial charge in [0.25, 0.3) is 0 Å². The van der Waals surface area contributed by atoms with Crippen LogP contribution in [-0.2, 0) is 0 Å². The molecule has 0 bridgehead atoms. The van der Waals surface area contributed by atoms with Crippen LogP contribution in [0.4, 0.5) is 0 Å². The van der Waals surface area contributed by atoms with E-state index in [1.165, 1.54) is 24.8 Å². The highest BCUT2D eigenvalue weighted by Gasteiger charge is 2.29. The predicted molar refractivity (Wildman–Crippen MR) is 88.1 cm³/mol. The Balaban J connectivity index is 1.82. The molecule has 1 fully saturated rings. The van der Waals surface area contributed by atoms with Crippen molar-refractivity contribution >= 4 is 0 Å². The first-order chi connectivity index (χ1) is 10.1. The topological polar surface area (TPSA) is 47.3 Å². The molecule has 1 aromatic rings. The minimum atomic E-state index is 0.361. The Morgan fingerprint density at radius 1 is 1.24 bits per heavy atom. The fourth-order valence-corrected chi connectivity index (χ4v) is 3.80. The lowest BCUT2D eigenvalue weighted by Gasteiger charge is -2.36. The van der Waals surface area contributed by atoms with E-state index in [0.717, 1.165) is 30.6 Å². The average molecular weight is 290 g/mol. The second kappa shape index (κ2) is 7.81. The quantitative estimate of drug-likeness (QED) is 0.621. The van der Waals surface area contributed by atoms with Gasteiger partial charge < -0.3 is 4.74 Å². The number of aryl methyl sites for hydroxylation is 1. The van der Waals surface area contributed by atoms with E-state index in [0.29, 0.717) is 12.0 Å². The van der Waals surface area contributed by atoms with Crippen molar-refractivity contribution in [3.05, 3.63) is 29.8 Å². The van der Waals surface area contributed by atoms with Gasteiger partial charge in [0.2, 0.25) is 0 Å². The van der Waals surface area contributed by atoms with Crippen LogP contribution in [0.15, 0.2) is 24.3 Å². The Hall–Kier alpha value is -1.06. The molecule has 0 saturated heterocycles. The standard InChI is InChI=1S/C18H30N2O/c1-13-5-4-6-17(12-13)21-8-7-18(20-19)16-10-14(2)9-15(3)11-16/h4-6,12,14-16,18,20H,7-11,19H2,1-3H3. The molecule has 0 aromatic heterocycles. The summed E-state index contributed by atoms with van der Waals surface area (Å²) in [5.41, 5.74) is 4.26. The van der Waals surface area contributed by atoms with Crippen LogP contribution >= 0.6 is 0 Å². The molecule has 21 heavy (non-hydrogen) atoms. The summed E-state index contributed by atoms with van der Waals surface area (Å²) in [6, 6.07) is 8.58. The summed E-state index contributed by atoms with van der Waals surface area (Å²) in [5.74, 6) is 9.05. The van der Waals surface area contributed by atoms with Gasteiger partial charge in [0.05, 0.1) is 6.61 Å². The third-order valence-corrected chi connectivity index (χ3v) is 4.69. The molecule has 0 aliphatic heterocycles. The van der Waals surface area contributed by atoms with Crippen molar-refractivity contribution in [3.8, 4) is 5.75 Å². The molecule has 0 radical (unpaired) electrons. The lowest BCUT2D eigenvalue weighted by atomic mass is 9.73. The van der Waals surface area contributed by atoms with Gasteiger partial charge >= 0.3 is 0 Å². The van der Waals surface area contributed by atoms with E-state index in [-0.39, 0.29) is 0 Å². The highest BCUT2D eigenvalue weighted by molar-refractivity contribution is 5.27. The maximum atomic E-state index is 5.87. The summed E-state index contributed by atoms with van der Waals surface area (Å²) in [4.78, 5) is 0. The van der Waals surface area contributed by atoms with Crippen LogP contribution in [0, 0.1) is 24.7 Å². The number of benzene rings is 1. The van der Waals surface area contributed by atoms with Crippen LogP contribution in [0.5, 0.6) is 5.75 Å². The second-order valence-corrected chi connectivity index (χ2v) is 6.90. The maximum absolute atomic E-state index is 5.87. The maximum Gasteiger partial charge on any atom is 0.119 e. The molecule has 0 spiro atoms. The first-order valence-corrected chi connectivity index (χ1v) is 8.24. The van der Waals surface area contributed by atoms with Crippen molar-refractivity contribution in [1.82, 2.24) is 5.43 Å². The highest BCUT2D eigenvalue weighted by Crippen LogP contribution is 2.35. The zero-order chi connectivity index (χ0) is 15.2. The fraction of sp³-hybridized carbons (Fsp3) is 0.667. The number of rotatable bonds is 6. The molecule has 1 saturated carbocycles. The highest BCUT2D eigenvalue weighted by atomic mass is 16.5. The van der Waals surface area contributed by atoms with Gasteiger partial charge in [0.1, 0.15) is 5.75 Å². The molecular formula is C18H30N2O. The van der Waals surface area contributed by atoms with Crippen molar-refractivity contribution < 1.29 is 4.74 Å². The van der Waals surface area contributed by atoms with E-state index >= 15 is 0 Å². The van der Waals surface area contributed by atoms with Gasteiger partial charge in [0, 0.05) is 6.04 Å². The molecule has 1 aliphatic rings. The monoisotopic (exact) mass is 290 g/mol. The van der Waals surface area contributed by atoms with Gasteiger partial charge in [-0.3, -0.25) is 11.3 Å². The molecule has 1 aromatic carbocycles. The number of ether oxygens (including phenoxy) is 1. The van der Waals surface area contributed by atoms with Gasteiger partial charge in [-0.25, -0.2) is 0 Å². The van der Waals surface area contributed by atoms with Crippen molar-refractivity contribution in [2.75, 3.05) is 6.61 Å². The molecule has 0 heterocycles. The normalized spacial score (nSPS) is 27.3. The summed E-state index contributed by atoms with van der Waals surface area (Å²) < 4.78 is 5.87. The Bertz CT molecular complexity index is 425. The molecule has 2 rings (SSSR count). The van der Waals surface area contributed by atoms with Crippen molar-refractivity contribution in [1.29, 1.82) is 0 Å². The predicted octanol–water partition coefficient (Wildman–Crippen LogP) is 3.67. The van der Waals surface area contributed by atoms with Gasteiger partial charge in [-0.2, -0.15) is 0 Å². The number of nitrogens with one attached hydrogen (secondary N) is 1. The van der Waals surface area contributed by atoms with Crippen LogP contribution in [0.1, 0.15) is 45.1 Å². The Morgan fingerprint density at radius 2 is 1.95 bits per heavy atom. The van der Waals surface area contributed by atoms with Crippen molar-refractivity contribution in [2.45, 2.75) is 52.5 Å². The smallest absolute Gasteiger partial charge is 0.119 e. The van der Waals surface area contributed by atoms with Crippen LogP contribution < -0.4 is 16.0 Å². The number of hydrazine groups is 1. The van der Waals surface area contributed by atoms with Gasteiger partial charge in [-0.1, -0.05) is 26.0 Å². The van der Waals surface area contributed by atoms with Gasteiger partial charge in [0.15, 0.2) is 0 Å². The third-order valence-electron chi connectivity index (χ3n) is 4.69. The van der Waals surface area contributed by atoms with Crippen LogP contribution in [0.2, 0.25) is 0 Å². The van der Waals surface area contributed by atoms with Crippen molar-refractivity contribution in [3.63, 3.8) is 0 Å². The molecule has 118 valence electrons. The molecule has 3 unspecified atom stereocenters. The van der Waals surface area contributed by atoms with Gasteiger partial charge in [-0.05, 0) is 68.1 Å². The van der Waals surface area contributed by atoms with Crippen LogP contribution in [0.25, 0.3) is 0 Å². The number of hydrogen-bond acceptors (Lipinski definition) is 3. The Kier molecular flexibility index (Phi) is 6.07. The molecule has 3 heteroatoms. The van der Waals surface area contributed by atoms with Crippen molar-refractivity contribution in [2.24, 2.45) is 23.6 Å². The van der Waals surface area contributed by atoms with Crippen LogP contribution in [0.3, 0.4) is 0 Å². The Morgan fingerprint density at radius 3 is 2.57 bits per heavy atom. The minimum Gasteiger partial charge on any atom is -0.494 e. The van der Waals surface area contributed by atoms with E-state index in [1.807, 2.05) is 12.1 Å². The number of hydrogen-bond donors (Lipinski definition) is 2. The molecule has 0 amide bonds. The molecule has 3 N–H and O–H groups in total. The summed E-state index contributed by atoms with van der Waals surface area (Å²) in [5, 5.41) is 0. The van der Waals surface area contributed by atoms with Crippen LogP contribution in [-0.4, -0.2) is 12.6 Å². The van der Waals surface area contributed by atoms with E-state index in [1.54, 1.807) is 0 Å². The molecular weight excluding hydrogens is 260 g/mol. The lowest BCUT2D eigenvalue weighted by Crippen LogP contribution is -2.44. The molecule has 3 atom stereocenters. The fourth-order valence-electron chi connectivity index (χ4n) is 3.80. The van der Waals surface area contributed by atoms with Gasteiger partial charge in [-0.15, -0.1) is 0 Å². The minimum absolute atomic E-state index is 0.361. The van der Waals surface area contributed by atoms with E-state index in [9.17, 15) is 0 Å². The second-order valence-electron chi connectivity index (χ2n) is 6.90. The molecule has 3 nitrogen and oxygen atoms in total. The zero-order valence-electron chi connectivity index (χ0n) is 13.6. The summed E-state index contributed by atoms with van der Waals surface area (Å²) >= 11 is 0. The third kappa shape index (κ3) is 5.01. The number of nitrogens with two attached hydrogens (primary N) is 1. The zero-order valence-corrected chi connectivity index (χ0v) is 13.6. The van der Waals surface area contributed by atoms with E-state index < -0.39 is 0 Å². The molecule has 1 aliphatic carbocycles. The summed E-state index contributed by atoms with van der Waals surface area (Å²) in [7, 11) is 0. The summed E-state index contributed by atoms with van der Waals surface area (Å²) in [6.45, 7) is 7.53. The van der Waals surface area contributed by atoms with E-state index in [2.05, 4.69) is 38.3 Å². The lowest BCUT2D eigenvalue weighted by molar-refractivity contribution is 0.158. The van der Waals surface area contributed by atoms with E-state index in [4.69, 9.17) is 10.6 Å².